The number of thiophene rings is 1. The standard InChI is InChI=1S/C18H28N2O3S/c1-3-9-19-12-15(6-8-17(19)22)18(23)20(10-4-11-21)13-16-7-5-14(2)24-16/h5,7,15,21H,3-4,6,8-13H2,1-2H3. The van der Waals surface area contributed by atoms with Crippen molar-refractivity contribution in [3.05, 3.63) is 21.9 Å². The number of hydrogen-bond acceptors (Lipinski definition) is 4. The number of carbonyl (C=O) groups is 2. The van der Waals surface area contributed by atoms with Crippen molar-refractivity contribution in [3.8, 4) is 0 Å². The fourth-order valence-corrected chi connectivity index (χ4v) is 4.05. The van der Waals surface area contributed by atoms with Gasteiger partial charge in [0.05, 0.1) is 12.5 Å². The molecule has 0 bridgehead atoms. The number of nitrogens with zero attached hydrogens (tertiary/aromatic N) is 2. The molecular formula is C18H28N2O3S. The van der Waals surface area contributed by atoms with Crippen molar-refractivity contribution in [2.75, 3.05) is 26.2 Å². The van der Waals surface area contributed by atoms with Crippen molar-refractivity contribution in [1.29, 1.82) is 0 Å². The van der Waals surface area contributed by atoms with E-state index in [0.29, 0.717) is 38.9 Å². The van der Waals surface area contributed by atoms with Gasteiger partial charge in [-0.25, -0.2) is 0 Å². The maximum Gasteiger partial charge on any atom is 0.227 e. The molecule has 1 saturated heterocycles. The molecular weight excluding hydrogens is 324 g/mol. The first-order valence-electron chi connectivity index (χ1n) is 8.77. The highest BCUT2D eigenvalue weighted by Gasteiger charge is 2.32. The fraction of sp³-hybridized carbons (Fsp3) is 0.667. The lowest BCUT2D eigenvalue weighted by atomic mass is 9.95. The largest absolute Gasteiger partial charge is 0.396 e. The Bertz CT molecular complexity index is 558. The maximum absolute atomic E-state index is 13.0. The van der Waals surface area contributed by atoms with Gasteiger partial charge in [0.1, 0.15) is 0 Å². The van der Waals surface area contributed by atoms with Crippen LogP contribution >= 0.6 is 11.3 Å². The second-order valence-electron chi connectivity index (χ2n) is 6.42. The average molecular weight is 353 g/mol. The maximum atomic E-state index is 13.0. The predicted molar refractivity (Wildman–Crippen MR) is 95.8 cm³/mol. The lowest BCUT2D eigenvalue weighted by molar-refractivity contribution is -0.143. The van der Waals surface area contributed by atoms with Crippen LogP contribution in [0.1, 0.15) is 42.4 Å². The van der Waals surface area contributed by atoms with Crippen molar-refractivity contribution >= 4 is 23.2 Å². The fourth-order valence-electron chi connectivity index (χ4n) is 3.15. The summed E-state index contributed by atoms with van der Waals surface area (Å²) in [5, 5.41) is 9.14. The smallest absolute Gasteiger partial charge is 0.227 e. The summed E-state index contributed by atoms with van der Waals surface area (Å²) in [7, 11) is 0. The van der Waals surface area contributed by atoms with E-state index in [1.54, 1.807) is 11.3 Å². The van der Waals surface area contributed by atoms with Crippen LogP contribution in [0.5, 0.6) is 0 Å². The molecule has 1 aromatic heterocycles. The lowest BCUT2D eigenvalue weighted by Gasteiger charge is -2.34. The van der Waals surface area contributed by atoms with Gasteiger partial charge in [0, 0.05) is 42.4 Å². The summed E-state index contributed by atoms with van der Waals surface area (Å²) in [5.41, 5.74) is 0. The van der Waals surface area contributed by atoms with Crippen molar-refractivity contribution in [2.24, 2.45) is 5.92 Å². The number of carbonyl (C=O) groups excluding carboxylic acids is 2. The third-order valence-electron chi connectivity index (χ3n) is 4.38. The SMILES string of the molecule is CCCN1CC(C(=O)N(CCCO)Cc2ccc(C)s2)CCC1=O. The van der Waals surface area contributed by atoms with Crippen molar-refractivity contribution in [1.82, 2.24) is 9.80 Å². The van der Waals surface area contributed by atoms with Gasteiger partial charge in [0.25, 0.3) is 0 Å². The van der Waals surface area contributed by atoms with Crippen molar-refractivity contribution < 1.29 is 14.7 Å². The van der Waals surface area contributed by atoms with Gasteiger partial charge in [-0.1, -0.05) is 6.92 Å². The van der Waals surface area contributed by atoms with E-state index < -0.39 is 0 Å². The van der Waals surface area contributed by atoms with Crippen LogP contribution in [0.3, 0.4) is 0 Å². The minimum Gasteiger partial charge on any atom is -0.396 e. The molecule has 2 heterocycles. The third kappa shape index (κ3) is 5.05. The van der Waals surface area contributed by atoms with E-state index in [0.717, 1.165) is 17.8 Å². The number of aryl methyl sites for hydroxylation is 1. The molecule has 6 heteroatoms. The summed E-state index contributed by atoms with van der Waals surface area (Å²) in [6, 6.07) is 4.13. The Kier molecular flexibility index (Phi) is 7.24. The number of amides is 2. The van der Waals surface area contributed by atoms with Gasteiger partial charge in [-0.2, -0.15) is 0 Å². The summed E-state index contributed by atoms with van der Waals surface area (Å²) < 4.78 is 0. The summed E-state index contributed by atoms with van der Waals surface area (Å²) >= 11 is 1.70. The molecule has 1 atom stereocenters. The molecule has 0 spiro atoms. The van der Waals surface area contributed by atoms with Crippen LogP contribution in [0.15, 0.2) is 12.1 Å². The van der Waals surface area contributed by atoms with Gasteiger partial charge < -0.3 is 14.9 Å². The van der Waals surface area contributed by atoms with Gasteiger partial charge >= 0.3 is 0 Å². The van der Waals surface area contributed by atoms with E-state index >= 15 is 0 Å². The third-order valence-corrected chi connectivity index (χ3v) is 5.37. The number of aliphatic hydroxyl groups is 1. The highest BCUT2D eigenvalue weighted by atomic mass is 32.1. The normalized spacial score (nSPS) is 18.0. The van der Waals surface area contributed by atoms with Gasteiger partial charge in [0.2, 0.25) is 11.8 Å². The van der Waals surface area contributed by atoms with Gasteiger partial charge in [-0.3, -0.25) is 9.59 Å². The molecule has 24 heavy (non-hydrogen) atoms. The minimum atomic E-state index is -0.117. The molecule has 1 aliphatic heterocycles. The van der Waals surface area contributed by atoms with Crippen LogP contribution in [0, 0.1) is 12.8 Å². The zero-order valence-electron chi connectivity index (χ0n) is 14.7. The van der Waals surface area contributed by atoms with Crippen LogP contribution in [0.2, 0.25) is 0 Å². The first-order chi connectivity index (χ1) is 11.5. The predicted octanol–water partition coefficient (Wildman–Crippen LogP) is 2.42. The Morgan fingerprint density at radius 3 is 2.88 bits per heavy atom. The topological polar surface area (TPSA) is 60.9 Å². The molecule has 2 amide bonds. The van der Waals surface area contributed by atoms with Crippen LogP contribution in [-0.4, -0.2) is 53.0 Å². The number of likely N-dealkylation sites (tertiary alicyclic amines) is 1. The molecule has 1 fully saturated rings. The number of rotatable bonds is 8. The van der Waals surface area contributed by atoms with Gasteiger partial charge in [-0.05, 0) is 38.3 Å². The first kappa shape index (κ1) is 18.9. The Morgan fingerprint density at radius 2 is 2.25 bits per heavy atom. The van der Waals surface area contributed by atoms with Crippen molar-refractivity contribution in [3.63, 3.8) is 0 Å². The Balaban J connectivity index is 2.04. The summed E-state index contributed by atoms with van der Waals surface area (Å²) in [6.07, 6.45) is 2.59. The number of piperidine rings is 1. The molecule has 0 radical (unpaired) electrons. The number of hydrogen-bond donors (Lipinski definition) is 1. The van der Waals surface area contributed by atoms with Crippen molar-refractivity contribution in [2.45, 2.75) is 46.1 Å². The zero-order valence-corrected chi connectivity index (χ0v) is 15.5. The number of aliphatic hydroxyl groups excluding tert-OH is 1. The zero-order chi connectivity index (χ0) is 17.5. The van der Waals surface area contributed by atoms with Gasteiger partial charge in [-0.15, -0.1) is 11.3 Å². The van der Waals surface area contributed by atoms with Gasteiger partial charge in [0.15, 0.2) is 0 Å². The molecule has 1 aromatic rings. The van der Waals surface area contributed by atoms with Crippen LogP contribution in [0.4, 0.5) is 0 Å². The molecule has 1 unspecified atom stereocenters. The highest BCUT2D eigenvalue weighted by molar-refractivity contribution is 7.11. The molecule has 0 aromatic carbocycles. The second-order valence-corrected chi connectivity index (χ2v) is 7.80. The summed E-state index contributed by atoms with van der Waals surface area (Å²) in [4.78, 5) is 31.0. The Labute approximate surface area is 148 Å². The average Bonchev–Trinajstić information content (AvgIpc) is 2.98. The first-order valence-corrected chi connectivity index (χ1v) is 9.59. The van der Waals surface area contributed by atoms with E-state index in [4.69, 9.17) is 5.11 Å². The summed E-state index contributed by atoms with van der Waals surface area (Å²) in [6.45, 7) is 6.60. The quantitative estimate of drug-likeness (QED) is 0.782. The monoisotopic (exact) mass is 352 g/mol. The van der Waals surface area contributed by atoms with E-state index in [2.05, 4.69) is 19.1 Å². The molecule has 1 N–H and O–H groups in total. The molecule has 0 aliphatic carbocycles. The second kappa shape index (κ2) is 9.18. The van der Waals surface area contributed by atoms with Crippen LogP contribution in [-0.2, 0) is 16.1 Å². The lowest BCUT2D eigenvalue weighted by Crippen LogP contribution is -2.47. The summed E-state index contributed by atoms with van der Waals surface area (Å²) in [5.74, 6) is 0.161. The molecule has 5 nitrogen and oxygen atoms in total. The molecule has 134 valence electrons. The van der Waals surface area contributed by atoms with E-state index in [1.807, 2.05) is 16.7 Å². The van der Waals surface area contributed by atoms with E-state index in [9.17, 15) is 9.59 Å². The van der Waals surface area contributed by atoms with E-state index in [-0.39, 0.29) is 24.3 Å². The molecule has 1 aliphatic rings. The van der Waals surface area contributed by atoms with E-state index in [1.165, 1.54) is 4.88 Å². The Morgan fingerprint density at radius 1 is 1.46 bits per heavy atom. The molecule has 0 saturated carbocycles. The highest BCUT2D eigenvalue weighted by Crippen LogP contribution is 2.23. The Hall–Kier alpha value is -1.40. The van der Waals surface area contributed by atoms with Crippen LogP contribution in [0.25, 0.3) is 0 Å². The van der Waals surface area contributed by atoms with Crippen LogP contribution < -0.4 is 0 Å². The minimum absolute atomic E-state index is 0.0817. The molecule has 2 rings (SSSR count).